The van der Waals surface area contributed by atoms with E-state index in [1.807, 2.05) is 0 Å². The Morgan fingerprint density at radius 3 is 2.43 bits per heavy atom. The zero-order valence-corrected chi connectivity index (χ0v) is 13.8. The smallest absolute Gasteiger partial charge is 0.326 e. The molecule has 1 atom stereocenters. The molecule has 0 bridgehead atoms. The Morgan fingerprint density at radius 2 is 1.86 bits per heavy atom. The van der Waals surface area contributed by atoms with E-state index in [9.17, 15) is 14.4 Å². The van der Waals surface area contributed by atoms with Crippen LogP contribution in [-0.4, -0.2) is 34.2 Å². The standard InChI is InChI=1S/C12H12Br2N2O5/c13-6-1-2-7(14)9(5-6)16-12(21)15-8(11(19)20)3-4-10(17)18/h1-2,5,8H,3-4H2,(H,17,18)(H,19,20)(H2,15,16,21)/t8-/m0/s1. The van der Waals surface area contributed by atoms with E-state index >= 15 is 0 Å². The topological polar surface area (TPSA) is 116 Å². The number of urea groups is 1. The lowest BCUT2D eigenvalue weighted by atomic mass is 10.1. The van der Waals surface area contributed by atoms with Crippen LogP contribution in [0.1, 0.15) is 12.8 Å². The molecule has 7 nitrogen and oxygen atoms in total. The Bertz CT molecular complexity index is 565. The van der Waals surface area contributed by atoms with E-state index in [1.54, 1.807) is 18.2 Å². The summed E-state index contributed by atoms with van der Waals surface area (Å²) in [5.41, 5.74) is 0.448. The molecule has 0 radical (unpaired) electrons. The van der Waals surface area contributed by atoms with Gasteiger partial charge < -0.3 is 20.8 Å². The van der Waals surface area contributed by atoms with Gasteiger partial charge in [0.15, 0.2) is 0 Å². The zero-order chi connectivity index (χ0) is 16.0. The molecule has 0 aliphatic heterocycles. The number of carbonyl (C=O) groups excluding carboxylic acids is 1. The lowest BCUT2D eigenvalue weighted by molar-refractivity contribution is -0.140. The molecular formula is C12H12Br2N2O5. The number of hydrogen-bond donors (Lipinski definition) is 4. The van der Waals surface area contributed by atoms with Crippen LogP contribution in [0.15, 0.2) is 27.1 Å². The van der Waals surface area contributed by atoms with Crippen molar-refractivity contribution in [3.63, 3.8) is 0 Å². The first-order valence-corrected chi connectivity index (χ1v) is 7.35. The molecule has 21 heavy (non-hydrogen) atoms. The first kappa shape index (κ1) is 17.4. The van der Waals surface area contributed by atoms with Crippen molar-refractivity contribution in [1.29, 1.82) is 0 Å². The second-order valence-corrected chi connectivity index (χ2v) is 5.82. The molecule has 114 valence electrons. The van der Waals surface area contributed by atoms with Gasteiger partial charge in [-0.1, -0.05) is 15.9 Å². The van der Waals surface area contributed by atoms with E-state index in [4.69, 9.17) is 10.2 Å². The zero-order valence-electron chi connectivity index (χ0n) is 10.6. The van der Waals surface area contributed by atoms with Crippen LogP contribution in [0.5, 0.6) is 0 Å². The summed E-state index contributed by atoms with van der Waals surface area (Å²) >= 11 is 6.50. The Labute approximate surface area is 137 Å². The highest BCUT2D eigenvalue weighted by Gasteiger charge is 2.21. The monoisotopic (exact) mass is 422 g/mol. The molecule has 0 spiro atoms. The van der Waals surface area contributed by atoms with Crippen LogP contribution in [0.3, 0.4) is 0 Å². The quantitative estimate of drug-likeness (QED) is 0.561. The van der Waals surface area contributed by atoms with Crippen molar-refractivity contribution in [2.45, 2.75) is 18.9 Å². The van der Waals surface area contributed by atoms with Gasteiger partial charge in [-0.3, -0.25) is 4.79 Å². The van der Waals surface area contributed by atoms with Crippen LogP contribution in [0.4, 0.5) is 10.5 Å². The number of nitrogens with one attached hydrogen (secondary N) is 2. The summed E-state index contributed by atoms with van der Waals surface area (Å²) in [6.07, 6.45) is -0.546. The summed E-state index contributed by atoms with van der Waals surface area (Å²) in [5.74, 6) is -2.42. The van der Waals surface area contributed by atoms with Crippen molar-refractivity contribution in [2.24, 2.45) is 0 Å². The molecule has 0 fully saturated rings. The summed E-state index contributed by atoms with van der Waals surface area (Å²) in [5, 5.41) is 22.2. The van der Waals surface area contributed by atoms with Crippen molar-refractivity contribution >= 4 is 55.5 Å². The van der Waals surface area contributed by atoms with E-state index in [1.165, 1.54) is 0 Å². The Hall–Kier alpha value is -1.61. The molecule has 0 aromatic heterocycles. The predicted molar refractivity (Wildman–Crippen MR) is 82.3 cm³/mol. The van der Waals surface area contributed by atoms with Gasteiger partial charge in [0.25, 0.3) is 0 Å². The van der Waals surface area contributed by atoms with Gasteiger partial charge in [0, 0.05) is 15.4 Å². The number of anilines is 1. The minimum absolute atomic E-state index is 0.197. The van der Waals surface area contributed by atoms with Gasteiger partial charge in [0.1, 0.15) is 6.04 Å². The third-order valence-corrected chi connectivity index (χ3v) is 3.61. The average Bonchev–Trinajstić information content (AvgIpc) is 2.38. The van der Waals surface area contributed by atoms with Crippen molar-refractivity contribution in [3.8, 4) is 0 Å². The van der Waals surface area contributed by atoms with Crippen molar-refractivity contribution in [3.05, 3.63) is 27.1 Å². The van der Waals surface area contributed by atoms with Gasteiger partial charge in [-0.15, -0.1) is 0 Å². The Kier molecular flexibility index (Phi) is 6.63. The molecule has 0 saturated carbocycles. The molecule has 2 amide bonds. The first-order valence-electron chi connectivity index (χ1n) is 5.76. The summed E-state index contributed by atoms with van der Waals surface area (Å²) in [6, 6.07) is 3.11. The van der Waals surface area contributed by atoms with Crippen LogP contribution in [0.25, 0.3) is 0 Å². The predicted octanol–water partition coefficient (Wildman–Crippen LogP) is 2.65. The minimum atomic E-state index is -1.29. The third kappa shape index (κ3) is 6.13. The maximum atomic E-state index is 11.8. The second-order valence-electron chi connectivity index (χ2n) is 4.05. The average molecular weight is 424 g/mol. The lowest BCUT2D eigenvalue weighted by Crippen LogP contribution is -2.43. The van der Waals surface area contributed by atoms with E-state index in [2.05, 4.69) is 42.5 Å². The molecule has 0 aliphatic carbocycles. The number of rotatable bonds is 6. The van der Waals surface area contributed by atoms with Gasteiger partial charge in [-0.2, -0.15) is 0 Å². The third-order valence-electron chi connectivity index (χ3n) is 2.43. The summed E-state index contributed by atoms with van der Waals surface area (Å²) in [6.45, 7) is 0. The van der Waals surface area contributed by atoms with E-state index < -0.39 is 24.0 Å². The summed E-state index contributed by atoms with van der Waals surface area (Å²) in [4.78, 5) is 33.2. The number of carboxylic acids is 2. The molecule has 0 aliphatic rings. The van der Waals surface area contributed by atoms with Crippen LogP contribution in [-0.2, 0) is 9.59 Å². The van der Waals surface area contributed by atoms with Gasteiger partial charge in [0.05, 0.1) is 5.69 Å². The molecule has 9 heteroatoms. The minimum Gasteiger partial charge on any atom is -0.481 e. The fourth-order valence-corrected chi connectivity index (χ4v) is 2.14. The molecule has 1 rings (SSSR count). The van der Waals surface area contributed by atoms with Crippen molar-refractivity contribution in [1.82, 2.24) is 5.32 Å². The maximum Gasteiger partial charge on any atom is 0.326 e. The van der Waals surface area contributed by atoms with Crippen molar-refractivity contribution in [2.75, 3.05) is 5.32 Å². The van der Waals surface area contributed by atoms with Crippen LogP contribution in [0.2, 0.25) is 0 Å². The highest BCUT2D eigenvalue weighted by Crippen LogP contribution is 2.26. The normalized spacial score (nSPS) is 11.5. The number of carbonyl (C=O) groups is 3. The number of amides is 2. The number of carboxylic acid groups (broad SMARTS) is 2. The Balaban J connectivity index is 2.67. The Morgan fingerprint density at radius 1 is 1.19 bits per heavy atom. The molecule has 1 aromatic carbocycles. The van der Waals surface area contributed by atoms with Gasteiger partial charge in [0.2, 0.25) is 0 Å². The van der Waals surface area contributed by atoms with Crippen LogP contribution in [0, 0.1) is 0 Å². The van der Waals surface area contributed by atoms with Crippen LogP contribution >= 0.6 is 31.9 Å². The molecule has 0 unspecified atom stereocenters. The highest BCUT2D eigenvalue weighted by atomic mass is 79.9. The SMILES string of the molecule is O=C(O)CC[C@H](NC(=O)Nc1cc(Br)ccc1Br)C(=O)O. The van der Waals surface area contributed by atoms with E-state index in [0.29, 0.717) is 10.2 Å². The molecule has 4 N–H and O–H groups in total. The van der Waals surface area contributed by atoms with Gasteiger partial charge in [-0.25, -0.2) is 9.59 Å². The molecular weight excluding hydrogens is 412 g/mol. The van der Waals surface area contributed by atoms with E-state index in [-0.39, 0.29) is 12.8 Å². The second kappa shape index (κ2) is 7.99. The summed E-state index contributed by atoms with van der Waals surface area (Å²) in [7, 11) is 0. The lowest BCUT2D eigenvalue weighted by Gasteiger charge is -2.15. The fourth-order valence-electron chi connectivity index (χ4n) is 1.44. The van der Waals surface area contributed by atoms with Crippen LogP contribution < -0.4 is 10.6 Å². The largest absolute Gasteiger partial charge is 0.481 e. The molecule has 0 heterocycles. The maximum absolute atomic E-state index is 11.8. The molecule has 1 aromatic rings. The summed E-state index contributed by atoms with van der Waals surface area (Å²) < 4.78 is 1.36. The number of benzene rings is 1. The number of hydrogen-bond acceptors (Lipinski definition) is 3. The van der Waals surface area contributed by atoms with Gasteiger partial charge >= 0.3 is 18.0 Å². The van der Waals surface area contributed by atoms with Crippen molar-refractivity contribution < 1.29 is 24.6 Å². The number of aliphatic carboxylic acids is 2. The first-order chi connectivity index (χ1) is 9.79. The van der Waals surface area contributed by atoms with E-state index in [0.717, 1.165) is 4.47 Å². The molecule has 0 saturated heterocycles. The number of halogens is 2. The van der Waals surface area contributed by atoms with Gasteiger partial charge in [-0.05, 0) is 40.5 Å². The fraction of sp³-hybridized carbons (Fsp3) is 0.250. The highest BCUT2D eigenvalue weighted by molar-refractivity contribution is 9.11.